The maximum Gasteiger partial charge on any atom is 0.326 e. The molecule has 5 atom stereocenters. The molecule has 204 valence electrons. The van der Waals surface area contributed by atoms with Crippen LogP contribution in [0.3, 0.4) is 0 Å². The second-order valence-electron chi connectivity index (χ2n) is 9.47. The van der Waals surface area contributed by atoms with Crippen LogP contribution in [0, 0.1) is 5.92 Å². The van der Waals surface area contributed by atoms with Gasteiger partial charge in [0.15, 0.2) is 0 Å². The summed E-state index contributed by atoms with van der Waals surface area (Å²) in [5, 5.41) is 18.6. The first-order valence-corrected chi connectivity index (χ1v) is 12.5. The highest BCUT2D eigenvalue weighted by atomic mass is 16.4. The number of carboxylic acid groups (broad SMARTS) is 1. The van der Waals surface area contributed by atoms with E-state index >= 15 is 0 Å². The maximum absolute atomic E-state index is 13.4. The van der Waals surface area contributed by atoms with Gasteiger partial charge in [0.25, 0.3) is 0 Å². The summed E-state index contributed by atoms with van der Waals surface area (Å²) in [6.07, 6.45) is 5.30. The van der Waals surface area contributed by atoms with Crippen molar-refractivity contribution in [3.8, 4) is 0 Å². The van der Waals surface area contributed by atoms with Crippen LogP contribution in [-0.2, 0) is 32.0 Å². The molecule has 0 radical (unpaired) electrons. The largest absolute Gasteiger partial charge is 0.480 e. The van der Waals surface area contributed by atoms with E-state index in [1.807, 2.05) is 38.1 Å². The van der Waals surface area contributed by atoms with Gasteiger partial charge >= 0.3 is 5.97 Å². The molecule has 0 saturated heterocycles. The Morgan fingerprint density at radius 1 is 0.974 bits per heavy atom. The number of carboxylic acids is 1. The van der Waals surface area contributed by atoms with Crippen LogP contribution in [0.1, 0.15) is 38.4 Å². The van der Waals surface area contributed by atoms with Crippen molar-refractivity contribution in [1.29, 1.82) is 0 Å². The Morgan fingerprint density at radius 2 is 1.68 bits per heavy atom. The van der Waals surface area contributed by atoms with E-state index in [2.05, 4.69) is 30.9 Å². The summed E-state index contributed by atoms with van der Waals surface area (Å²) in [5.74, 6) is -3.20. The molecule has 38 heavy (non-hydrogen) atoms. The van der Waals surface area contributed by atoms with E-state index in [1.165, 1.54) is 19.4 Å². The van der Waals surface area contributed by atoms with Crippen molar-refractivity contribution in [2.75, 3.05) is 0 Å². The number of aliphatic carboxylic acids is 1. The topological polar surface area (TPSA) is 195 Å². The maximum atomic E-state index is 13.4. The molecule has 12 heteroatoms. The van der Waals surface area contributed by atoms with E-state index in [9.17, 15) is 24.3 Å². The van der Waals surface area contributed by atoms with Gasteiger partial charge in [0.2, 0.25) is 17.7 Å². The lowest BCUT2D eigenvalue weighted by Crippen LogP contribution is -2.59. The number of nitrogens with two attached hydrogens (primary N) is 1. The number of carbonyl (C=O) groups is 4. The van der Waals surface area contributed by atoms with Crippen LogP contribution in [0.15, 0.2) is 43.0 Å². The molecule has 0 spiro atoms. The lowest BCUT2D eigenvalue weighted by molar-refractivity contribution is -0.142. The third-order valence-corrected chi connectivity index (χ3v) is 6.53. The highest BCUT2D eigenvalue weighted by Gasteiger charge is 2.32. The smallest absolute Gasteiger partial charge is 0.326 e. The van der Waals surface area contributed by atoms with E-state index in [1.54, 1.807) is 6.20 Å². The third kappa shape index (κ3) is 7.19. The Kier molecular flexibility index (Phi) is 9.61. The van der Waals surface area contributed by atoms with Gasteiger partial charge in [-0.25, -0.2) is 9.78 Å². The molecule has 5 unspecified atom stereocenters. The zero-order valence-electron chi connectivity index (χ0n) is 21.7. The minimum absolute atomic E-state index is 0.0191. The minimum atomic E-state index is -1.26. The number of aromatic amines is 2. The van der Waals surface area contributed by atoms with Crippen molar-refractivity contribution in [2.45, 2.75) is 64.2 Å². The van der Waals surface area contributed by atoms with Crippen LogP contribution in [0.4, 0.5) is 0 Å². The lowest BCUT2D eigenvalue weighted by Gasteiger charge is -2.27. The Balaban J connectivity index is 1.87. The fourth-order valence-corrected chi connectivity index (χ4v) is 4.07. The summed E-state index contributed by atoms with van der Waals surface area (Å²) in [4.78, 5) is 60.9. The Morgan fingerprint density at radius 3 is 2.32 bits per heavy atom. The molecule has 8 N–H and O–H groups in total. The molecule has 0 aliphatic heterocycles. The van der Waals surface area contributed by atoms with E-state index in [0.717, 1.165) is 16.5 Å². The van der Waals surface area contributed by atoms with Crippen LogP contribution >= 0.6 is 0 Å². The normalized spacial score (nSPS) is 15.2. The van der Waals surface area contributed by atoms with Gasteiger partial charge in [0.05, 0.1) is 12.4 Å². The Labute approximate surface area is 220 Å². The molecule has 3 amide bonds. The van der Waals surface area contributed by atoms with Crippen LogP contribution in [-0.4, -0.2) is 67.9 Å². The molecule has 2 heterocycles. The lowest BCUT2D eigenvalue weighted by atomic mass is 9.96. The zero-order chi connectivity index (χ0) is 27.8. The number of para-hydroxylation sites is 1. The Bertz CT molecular complexity index is 1250. The number of benzene rings is 1. The first kappa shape index (κ1) is 28.4. The standard InChI is InChI=1S/C26H35N7O5/c1-4-14(2)22(33-23(34)15(3)27)25(36)31-20(9-16-11-29-19-8-6-5-7-18(16)19)24(35)32-21(26(37)38)10-17-12-28-13-30-17/h5-8,11-15,20-22,29H,4,9-10,27H2,1-3H3,(H,28,30)(H,31,36)(H,32,35)(H,33,34)(H,37,38). The molecular weight excluding hydrogens is 490 g/mol. The van der Waals surface area contributed by atoms with Gasteiger partial charge in [0, 0.05) is 41.8 Å². The second-order valence-corrected chi connectivity index (χ2v) is 9.47. The number of hydrogen-bond donors (Lipinski definition) is 7. The number of carbonyl (C=O) groups excluding carboxylic acids is 3. The van der Waals surface area contributed by atoms with Crippen LogP contribution in [0.2, 0.25) is 0 Å². The van der Waals surface area contributed by atoms with Crippen LogP contribution in [0.25, 0.3) is 10.9 Å². The fraction of sp³-hybridized carbons (Fsp3) is 0.423. The summed E-state index contributed by atoms with van der Waals surface area (Å²) in [7, 11) is 0. The van der Waals surface area contributed by atoms with Gasteiger partial charge in [-0.3, -0.25) is 14.4 Å². The molecule has 0 bridgehead atoms. The van der Waals surface area contributed by atoms with Gasteiger partial charge in [0.1, 0.15) is 18.1 Å². The average molecular weight is 526 g/mol. The van der Waals surface area contributed by atoms with Crippen molar-refractivity contribution in [3.63, 3.8) is 0 Å². The van der Waals surface area contributed by atoms with Crippen molar-refractivity contribution >= 4 is 34.6 Å². The number of aromatic nitrogens is 3. The molecule has 3 aromatic rings. The average Bonchev–Trinajstić information content (AvgIpc) is 3.55. The molecule has 1 aromatic carbocycles. The van der Waals surface area contributed by atoms with Gasteiger partial charge in [-0.05, 0) is 24.5 Å². The number of H-pyrrole nitrogens is 2. The number of fused-ring (bicyclic) bond motifs is 1. The number of rotatable bonds is 13. The second kappa shape index (κ2) is 12.9. The molecule has 12 nitrogen and oxygen atoms in total. The van der Waals surface area contributed by atoms with Crippen molar-refractivity contribution in [3.05, 3.63) is 54.2 Å². The number of nitrogens with zero attached hydrogens (tertiary/aromatic N) is 1. The number of nitrogens with one attached hydrogen (secondary N) is 5. The van der Waals surface area contributed by atoms with Gasteiger partial charge in [-0.1, -0.05) is 38.5 Å². The molecule has 0 aliphatic carbocycles. The quantitative estimate of drug-likeness (QED) is 0.170. The highest BCUT2D eigenvalue weighted by molar-refractivity contribution is 5.95. The predicted octanol–water partition coefficient (Wildman–Crippen LogP) is 0.609. The molecule has 2 aromatic heterocycles. The first-order chi connectivity index (χ1) is 18.1. The van der Waals surface area contributed by atoms with E-state index in [0.29, 0.717) is 12.1 Å². The monoisotopic (exact) mass is 525 g/mol. The van der Waals surface area contributed by atoms with E-state index in [4.69, 9.17) is 5.73 Å². The molecule has 3 rings (SSSR count). The van der Waals surface area contributed by atoms with Crippen LogP contribution < -0.4 is 21.7 Å². The van der Waals surface area contributed by atoms with Crippen molar-refractivity contribution in [2.24, 2.45) is 11.7 Å². The third-order valence-electron chi connectivity index (χ3n) is 6.53. The molecule has 0 saturated carbocycles. The summed E-state index contributed by atoms with van der Waals surface area (Å²) in [5.41, 5.74) is 7.84. The number of hydrogen-bond acceptors (Lipinski definition) is 6. The summed E-state index contributed by atoms with van der Waals surface area (Å²) in [6.45, 7) is 5.21. The Hall–Kier alpha value is -4.19. The van der Waals surface area contributed by atoms with Gasteiger partial charge in [-0.2, -0.15) is 0 Å². The molecule has 0 aliphatic rings. The number of imidazole rings is 1. The number of amides is 3. The summed E-state index contributed by atoms with van der Waals surface area (Å²) >= 11 is 0. The van der Waals surface area contributed by atoms with Crippen molar-refractivity contribution < 1.29 is 24.3 Å². The SMILES string of the molecule is CCC(C)C(NC(=O)C(C)N)C(=O)NC(Cc1c[nH]c2ccccc12)C(=O)NC(Cc1cnc[nH]1)C(=O)O. The zero-order valence-corrected chi connectivity index (χ0v) is 21.7. The van der Waals surface area contributed by atoms with E-state index in [-0.39, 0.29) is 18.8 Å². The van der Waals surface area contributed by atoms with Crippen LogP contribution in [0.5, 0.6) is 0 Å². The predicted molar refractivity (Wildman–Crippen MR) is 141 cm³/mol. The van der Waals surface area contributed by atoms with Gasteiger partial charge < -0.3 is 36.8 Å². The highest BCUT2D eigenvalue weighted by Crippen LogP contribution is 2.20. The molecular formula is C26H35N7O5. The van der Waals surface area contributed by atoms with Crippen molar-refractivity contribution in [1.82, 2.24) is 30.9 Å². The molecule has 0 fully saturated rings. The fourth-order valence-electron chi connectivity index (χ4n) is 4.07. The van der Waals surface area contributed by atoms with Gasteiger partial charge in [-0.15, -0.1) is 0 Å². The summed E-state index contributed by atoms with van der Waals surface area (Å²) in [6, 6.07) is 3.38. The van der Waals surface area contributed by atoms with E-state index < -0.39 is 47.9 Å². The minimum Gasteiger partial charge on any atom is -0.480 e. The summed E-state index contributed by atoms with van der Waals surface area (Å²) < 4.78 is 0. The first-order valence-electron chi connectivity index (χ1n) is 12.5.